The van der Waals surface area contributed by atoms with Crippen molar-refractivity contribution in [3.05, 3.63) is 12.7 Å². The summed E-state index contributed by atoms with van der Waals surface area (Å²) >= 11 is 0. The van der Waals surface area contributed by atoms with Crippen molar-refractivity contribution in [2.75, 3.05) is 13.1 Å². The van der Waals surface area contributed by atoms with Gasteiger partial charge in [-0.1, -0.05) is 25.8 Å². The topological polar surface area (TPSA) is 41.1 Å². The van der Waals surface area contributed by atoms with Crippen molar-refractivity contribution in [1.82, 2.24) is 10.6 Å². The summed E-state index contributed by atoms with van der Waals surface area (Å²) in [7, 11) is 0. The van der Waals surface area contributed by atoms with E-state index in [1.165, 1.54) is 25.7 Å². The minimum atomic E-state index is -0.103. The molecule has 1 fully saturated rings. The molecule has 1 aliphatic carbocycles. The molecule has 17 heavy (non-hydrogen) atoms. The van der Waals surface area contributed by atoms with E-state index in [1.807, 2.05) is 6.92 Å². The van der Waals surface area contributed by atoms with E-state index in [0.717, 1.165) is 18.4 Å². The van der Waals surface area contributed by atoms with Crippen LogP contribution >= 0.6 is 0 Å². The second-order valence-corrected chi connectivity index (χ2v) is 5.29. The number of hydrogen-bond donors (Lipinski definition) is 2. The third-order valence-corrected chi connectivity index (χ3v) is 3.66. The highest BCUT2D eigenvalue weighted by atomic mass is 16.2. The van der Waals surface area contributed by atoms with Crippen LogP contribution in [0, 0.1) is 11.8 Å². The second-order valence-electron chi connectivity index (χ2n) is 5.29. The fourth-order valence-electron chi connectivity index (χ4n) is 2.30. The van der Waals surface area contributed by atoms with Crippen molar-refractivity contribution in [1.29, 1.82) is 0 Å². The smallest absolute Gasteiger partial charge is 0.237 e. The maximum atomic E-state index is 11.6. The lowest BCUT2D eigenvalue weighted by Gasteiger charge is -2.27. The molecule has 1 saturated carbocycles. The highest BCUT2D eigenvalue weighted by Gasteiger charge is 2.19. The van der Waals surface area contributed by atoms with E-state index in [4.69, 9.17) is 0 Å². The maximum absolute atomic E-state index is 11.6. The standard InChI is InChI=1S/C14H26N2O/c1-4-9-15-14(17)12(3)16-10-13-7-5-11(2)6-8-13/h4,11-13,16H,1,5-10H2,2-3H3,(H,15,17). The van der Waals surface area contributed by atoms with Crippen LogP contribution in [0.2, 0.25) is 0 Å². The molecule has 1 atom stereocenters. The second kappa shape index (κ2) is 7.49. The van der Waals surface area contributed by atoms with Crippen molar-refractivity contribution in [2.24, 2.45) is 11.8 Å². The summed E-state index contributed by atoms with van der Waals surface area (Å²) in [5.74, 6) is 1.70. The Morgan fingerprint density at radius 3 is 2.65 bits per heavy atom. The molecule has 2 N–H and O–H groups in total. The molecule has 0 aromatic rings. The third-order valence-electron chi connectivity index (χ3n) is 3.66. The van der Waals surface area contributed by atoms with Gasteiger partial charge in [0.2, 0.25) is 5.91 Å². The fraction of sp³-hybridized carbons (Fsp3) is 0.786. The Morgan fingerprint density at radius 2 is 2.06 bits per heavy atom. The van der Waals surface area contributed by atoms with E-state index in [1.54, 1.807) is 6.08 Å². The first-order valence-electron chi connectivity index (χ1n) is 6.75. The molecule has 0 radical (unpaired) electrons. The van der Waals surface area contributed by atoms with Crippen molar-refractivity contribution in [3.63, 3.8) is 0 Å². The number of rotatable bonds is 6. The van der Waals surface area contributed by atoms with E-state index < -0.39 is 0 Å². The van der Waals surface area contributed by atoms with Gasteiger partial charge in [0.15, 0.2) is 0 Å². The Balaban J connectivity index is 2.16. The third kappa shape index (κ3) is 5.35. The lowest BCUT2D eigenvalue weighted by molar-refractivity contribution is -0.122. The predicted octanol–water partition coefficient (Wildman–Crippen LogP) is 2.09. The number of nitrogens with one attached hydrogen (secondary N) is 2. The average molecular weight is 238 g/mol. The summed E-state index contributed by atoms with van der Waals surface area (Å²) in [4.78, 5) is 11.6. The van der Waals surface area contributed by atoms with Gasteiger partial charge in [0, 0.05) is 6.54 Å². The van der Waals surface area contributed by atoms with Crippen molar-refractivity contribution < 1.29 is 4.79 Å². The highest BCUT2D eigenvalue weighted by molar-refractivity contribution is 5.81. The Hall–Kier alpha value is -0.830. The molecule has 98 valence electrons. The Labute approximate surface area is 105 Å². The minimum absolute atomic E-state index is 0.0640. The first-order chi connectivity index (χ1) is 8.13. The monoisotopic (exact) mass is 238 g/mol. The van der Waals surface area contributed by atoms with Crippen LogP contribution in [0.25, 0.3) is 0 Å². The van der Waals surface area contributed by atoms with E-state index in [2.05, 4.69) is 24.1 Å². The van der Waals surface area contributed by atoms with Gasteiger partial charge in [-0.15, -0.1) is 6.58 Å². The van der Waals surface area contributed by atoms with Crippen LogP contribution in [0.1, 0.15) is 39.5 Å². The average Bonchev–Trinajstić information content (AvgIpc) is 2.34. The quantitative estimate of drug-likeness (QED) is 0.696. The molecule has 0 heterocycles. The Kier molecular flexibility index (Phi) is 6.27. The van der Waals surface area contributed by atoms with Crippen LogP contribution in [-0.4, -0.2) is 25.0 Å². The Bertz CT molecular complexity index is 245. The number of carbonyl (C=O) groups excluding carboxylic acids is 1. The summed E-state index contributed by atoms with van der Waals surface area (Å²) < 4.78 is 0. The molecule has 1 aliphatic rings. The SMILES string of the molecule is C=CCNC(=O)C(C)NCC1CCC(C)CC1. The molecule has 1 unspecified atom stereocenters. The van der Waals surface area contributed by atoms with E-state index in [0.29, 0.717) is 6.54 Å². The normalized spacial score (nSPS) is 26.2. The van der Waals surface area contributed by atoms with Crippen molar-refractivity contribution in [2.45, 2.75) is 45.6 Å². The van der Waals surface area contributed by atoms with Crippen molar-refractivity contribution >= 4 is 5.91 Å². The zero-order valence-corrected chi connectivity index (χ0v) is 11.2. The summed E-state index contributed by atoms with van der Waals surface area (Å²) in [6.07, 6.45) is 6.98. The van der Waals surface area contributed by atoms with Crippen LogP contribution in [0.4, 0.5) is 0 Å². The number of carbonyl (C=O) groups is 1. The molecule has 0 aromatic heterocycles. The summed E-state index contributed by atoms with van der Waals surface area (Å²) in [5.41, 5.74) is 0. The molecule has 0 aliphatic heterocycles. The molecule has 3 nitrogen and oxygen atoms in total. The molecule has 0 aromatic carbocycles. The number of hydrogen-bond acceptors (Lipinski definition) is 2. The summed E-state index contributed by atoms with van der Waals surface area (Å²) in [6, 6.07) is -0.103. The zero-order chi connectivity index (χ0) is 12.7. The molecule has 0 saturated heterocycles. The molecule has 1 rings (SSSR count). The minimum Gasteiger partial charge on any atom is -0.351 e. The predicted molar refractivity (Wildman–Crippen MR) is 71.8 cm³/mol. The number of amides is 1. The van der Waals surface area contributed by atoms with Gasteiger partial charge in [0.25, 0.3) is 0 Å². The van der Waals surface area contributed by atoms with Gasteiger partial charge in [-0.05, 0) is 38.1 Å². The van der Waals surface area contributed by atoms with Crippen LogP contribution in [0.15, 0.2) is 12.7 Å². The van der Waals surface area contributed by atoms with Gasteiger partial charge in [-0.25, -0.2) is 0 Å². The maximum Gasteiger partial charge on any atom is 0.237 e. The first kappa shape index (κ1) is 14.2. The van der Waals surface area contributed by atoms with Gasteiger partial charge < -0.3 is 10.6 Å². The van der Waals surface area contributed by atoms with Crippen LogP contribution in [-0.2, 0) is 4.79 Å². The van der Waals surface area contributed by atoms with Gasteiger partial charge in [-0.2, -0.15) is 0 Å². The molecule has 0 spiro atoms. The van der Waals surface area contributed by atoms with E-state index in [9.17, 15) is 4.79 Å². The fourth-order valence-corrected chi connectivity index (χ4v) is 2.30. The van der Waals surface area contributed by atoms with E-state index in [-0.39, 0.29) is 11.9 Å². The molecule has 0 bridgehead atoms. The van der Waals surface area contributed by atoms with Gasteiger partial charge in [-0.3, -0.25) is 4.79 Å². The molecular weight excluding hydrogens is 212 g/mol. The molecular formula is C14H26N2O. The van der Waals surface area contributed by atoms with E-state index >= 15 is 0 Å². The van der Waals surface area contributed by atoms with Crippen LogP contribution in [0.3, 0.4) is 0 Å². The Morgan fingerprint density at radius 1 is 1.41 bits per heavy atom. The van der Waals surface area contributed by atoms with Crippen LogP contribution in [0.5, 0.6) is 0 Å². The first-order valence-corrected chi connectivity index (χ1v) is 6.75. The summed E-state index contributed by atoms with van der Waals surface area (Å²) in [6.45, 7) is 9.35. The molecule has 1 amide bonds. The highest BCUT2D eigenvalue weighted by Crippen LogP contribution is 2.27. The van der Waals surface area contributed by atoms with Gasteiger partial charge in [0.05, 0.1) is 6.04 Å². The summed E-state index contributed by atoms with van der Waals surface area (Å²) in [5, 5.41) is 6.14. The van der Waals surface area contributed by atoms with Crippen LogP contribution < -0.4 is 10.6 Å². The zero-order valence-electron chi connectivity index (χ0n) is 11.2. The van der Waals surface area contributed by atoms with Crippen molar-refractivity contribution in [3.8, 4) is 0 Å². The molecule has 3 heteroatoms. The van der Waals surface area contributed by atoms with Gasteiger partial charge in [0.1, 0.15) is 0 Å². The largest absolute Gasteiger partial charge is 0.351 e. The van der Waals surface area contributed by atoms with Gasteiger partial charge >= 0.3 is 0 Å². The lowest BCUT2D eigenvalue weighted by atomic mass is 9.83. The lowest BCUT2D eigenvalue weighted by Crippen LogP contribution is -2.44.